The van der Waals surface area contributed by atoms with Gasteiger partial charge in [0.1, 0.15) is 47.2 Å². The van der Waals surface area contributed by atoms with Crippen LogP contribution < -0.4 is 18.9 Å². The molecule has 70 heavy (non-hydrogen) atoms. The predicted octanol–water partition coefficient (Wildman–Crippen LogP) is 15.8. The molecule has 0 saturated heterocycles. The van der Waals surface area contributed by atoms with E-state index in [1.807, 2.05) is 84.9 Å². The number of hydrogen-bond donors (Lipinski definition) is 2. The normalized spacial score (nSPS) is 12.0. The third kappa shape index (κ3) is 12.7. The Balaban J connectivity index is 0.843. The maximum Gasteiger partial charge on any atom is 0.226 e. The standard InChI is InChI=1S/C60H62N4O6/c1-6-7-8-9-10-11-12-13-54(42-14-26-48(65)27-15-42)43-16-30-50(31-17-43)67-55-38-56(62-40-61-55)68-52-34-22-46(23-35-52)60(4,5)47-24-36-53(37-25-47)70-58-39-57(63-41-64-58)69-51-32-20-45(21-33-51)59(2,3)44-18-28-49(66)29-19-44/h14-41,54,65-66H,6-13H2,1-5H3. The Hall–Kier alpha value is -7.72. The summed E-state index contributed by atoms with van der Waals surface area (Å²) in [4.78, 5) is 17.3. The van der Waals surface area contributed by atoms with Gasteiger partial charge in [-0.2, -0.15) is 0 Å². The molecule has 0 saturated carbocycles. The van der Waals surface area contributed by atoms with Gasteiger partial charge in [0.2, 0.25) is 23.5 Å². The van der Waals surface area contributed by atoms with E-state index < -0.39 is 0 Å². The van der Waals surface area contributed by atoms with Crippen molar-refractivity contribution in [3.8, 4) is 58.0 Å². The first-order valence-corrected chi connectivity index (χ1v) is 24.3. The van der Waals surface area contributed by atoms with Crippen molar-refractivity contribution in [1.29, 1.82) is 0 Å². The Bertz CT molecular complexity index is 2890. The zero-order valence-corrected chi connectivity index (χ0v) is 40.7. The van der Waals surface area contributed by atoms with Crippen molar-refractivity contribution in [3.63, 3.8) is 0 Å². The van der Waals surface area contributed by atoms with Crippen LogP contribution in [-0.2, 0) is 10.8 Å². The molecule has 0 fully saturated rings. The Morgan fingerprint density at radius 2 is 0.671 bits per heavy atom. The van der Waals surface area contributed by atoms with Crippen LogP contribution in [0.1, 0.15) is 125 Å². The van der Waals surface area contributed by atoms with Crippen LogP contribution in [-0.4, -0.2) is 30.1 Å². The van der Waals surface area contributed by atoms with E-state index in [-0.39, 0.29) is 28.2 Å². The molecule has 2 aromatic heterocycles. The molecule has 0 aliphatic rings. The van der Waals surface area contributed by atoms with Gasteiger partial charge in [0.05, 0.1) is 12.1 Å². The molecule has 8 aromatic rings. The molecule has 0 radical (unpaired) electrons. The lowest BCUT2D eigenvalue weighted by atomic mass is 9.78. The summed E-state index contributed by atoms with van der Waals surface area (Å²) in [7, 11) is 0. The first-order chi connectivity index (χ1) is 33.9. The first-order valence-electron chi connectivity index (χ1n) is 24.3. The molecule has 2 N–H and O–H groups in total. The minimum absolute atomic E-state index is 0.226. The van der Waals surface area contributed by atoms with Crippen LogP contribution in [0.2, 0.25) is 0 Å². The van der Waals surface area contributed by atoms with Crippen molar-refractivity contribution in [1.82, 2.24) is 19.9 Å². The second kappa shape index (κ2) is 22.6. The fourth-order valence-corrected chi connectivity index (χ4v) is 8.69. The van der Waals surface area contributed by atoms with Crippen molar-refractivity contribution in [2.45, 2.75) is 103 Å². The summed E-state index contributed by atoms with van der Waals surface area (Å²) in [6.07, 6.45) is 12.7. The quantitative estimate of drug-likeness (QED) is 0.0634. The van der Waals surface area contributed by atoms with Gasteiger partial charge in [-0.05, 0) is 113 Å². The molecule has 8 rings (SSSR count). The molecule has 0 aliphatic carbocycles. The fourth-order valence-electron chi connectivity index (χ4n) is 8.69. The zero-order valence-electron chi connectivity index (χ0n) is 40.7. The smallest absolute Gasteiger partial charge is 0.226 e. The molecule has 10 heteroatoms. The largest absolute Gasteiger partial charge is 0.508 e. The second-order valence-corrected chi connectivity index (χ2v) is 18.8. The van der Waals surface area contributed by atoms with E-state index in [4.69, 9.17) is 18.9 Å². The predicted molar refractivity (Wildman–Crippen MR) is 275 cm³/mol. The van der Waals surface area contributed by atoms with Crippen LogP contribution in [0, 0.1) is 0 Å². The molecule has 0 bridgehead atoms. The zero-order chi connectivity index (χ0) is 48.9. The third-order valence-electron chi connectivity index (χ3n) is 13.1. The summed E-state index contributed by atoms with van der Waals surface area (Å²) in [6.45, 7) is 10.9. The lowest BCUT2D eigenvalue weighted by Crippen LogP contribution is -2.18. The van der Waals surface area contributed by atoms with E-state index in [0.717, 1.165) is 35.1 Å². The Labute approximate surface area is 412 Å². The summed E-state index contributed by atoms with van der Waals surface area (Å²) in [6, 6.07) is 50.3. The molecular formula is C60H62N4O6. The summed E-state index contributed by atoms with van der Waals surface area (Å²) in [5.41, 5.74) is 6.23. The number of rotatable bonds is 22. The molecule has 0 amide bonds. The topological polar surface area (TPSA) is 129 Å². The number of benzene rings is 6. The van der Waals surface area contributed by atoms with Crippen molar-refractivity contribution in [2.24, 2.45) is 0 Å². The summed E-state index contributed by atoms with van der Waals surface area (Å²) in [5.74, 6) is 4.79. The molecule has 358 valence electrons. The number of nitrogens with zero attached hydrogens (tertiary/aromatic N) is 4. The van der Waals surface area contributed by atoms with Gasteiger partial charge in [-0.1, -0.05) is 152 Å². The number of phenolic OH excluding ortho intramolecular Hbond substituents is 2. The molecular weight excluding hydrogens is 873 g/mol. The number of unbranched alkanes of at least 4 members (excludes halogenated alkanes) is 6. The molecule has 6 aromatic carbocycles. The highest BCUT2D eigenvalue weighted by Crippen LogP contribution is 2.38. The van der Waals surface area contributed by atoms with Gasteiger partial charge >= 0.3 is 0 Å². The van der Waals surface area contributed by atoms with E-state index in [0.29, 0.717) is 46.5 Å². The van der Waals surface area contributed by atoms with Gasteiger partial charge in [-0.3, -0.25) is 0 Å². The molecule has 1 unspecified atom stereocenters. The number of aromatic hydroxyl groups is 2. The number of aromatic nitrogens is 4. The summed E-state index contributed by atoms with van der Waals surface area (Å²) >= 11 is 0. The molecule has 0 aliphatic heterocycles. The highest BCUT2D eigenvalue weighted by molar-refractivity contribution is 5.45. The molecule has 1 atom stereocenters. The van der Waals surface area contributed by atoms with E-state index in [9.17, 15) is 10.2 Å². The van der Waals surface area contributed by atoms with Crippen molar-refractivity contribution < 1.29 is 29.2 Å². The minimum atomic E-state index is -0.328. The average Bonchev–Trinajstić information content (AvgIpc) is 3.36. The fraction of sp³-hybridized carbons (Fsp3) is 0.267. The molecule has 2 heterocycles. The first kappa shape index (κ1) is 48.7. The summed E-state index contributed by atoms with van der Waals surface area (Å²) in [5, 5.41) is 19.7. The van der Waals surface area contributed by atoms with Gasteiger partial charge < -0.3 is 29.2 Å². The Kier molecular flexibility index (Phi) is 15.7. The van der Waals surface area contributed by atoms with E-state index in [1.165, 1.54) is 62.3 Å². The monoisotopic (exact) mass is 934 g/mol. The van der Waals surface area contributed by atoms with Crippen molar-refractivity contribution in [2.75, 3.05) is 0 Å². The summed E-state index contributed by atoms with van der Waals surface area (Å²) < 4.78 is 24.6. The average molecular weight is 935 g/mol. The lowest BCUT2D eigenvalue weighted by molar-refractivity contribution is 0.432. The molecule has 10 nitrogen and oxygen atoms in total. The van der Waals surface area contributed by atoms with Crippen LogP contribution in [0.25, 0.3) is 0 Å². The van der Waals surface area contributed by atoms with Gasteiger partial charge in [-0.25, -0.2) is 19.9 Å². The van der Waals surface area contributed by atoms with Crippen LogP contribution in [0.5, 0.6) is 58.0 Å². The highest BCUT2D eigenvalue weighted by Gasteiger charge is 2.25. The Morgan fingerprint density at radius 1 is 0.386 bits per heavy atom. The number of phenols is 2. The van der Waals surface area contributed by atoms with Gasteiger partial charge in [-0.15, -0.1) is 0 Å². The highest BCUT2D eigenvalue weighted by atomic mass is 16.5. The van der Waals surface area contributed by atoms with E-state index >= 15 is 0 Å². The van der Waals surface area contributed by atoms with Crippen LogP contribution in [0.3, 0.4) is 0 Å². The maximum absolute atomic E-state index is 9.94. The SMILES string of the molecule is CCCCCCCCCC(c1ccc(O)cc1)c1ccc(Oc2cc(Oc3ccc(C(C)(C)c4ccc(Oc5cc(Oc6ccc(C(C)(C)c7ccc(O)cc7)cc6)ncn5)cc4)cc3)ncn2)cc1. The van der Waals surface area contributed by atoms with Gasteiger partial charge in [0.25, 0.3) is 0 Å². The van der Waals surface area contributed by atoms with Gasteiger partial charge in [0, 0.05) is 16.7 Å². The Morgan fingerprint density at radius 3 is 1.03 bits per heavy atom. The number of ether oxygens (including phenoxy) is 4. The number of hydrogen-bond acceptors (Lipinski definition) is 10. The van der Waals surface area contributed by atoms with Crippen LogP contribution >= 0.6 is 0 Å². The van der Waals surface area contributed by atoms with Crippen molar-refractivity contribution in [3.05, 3.63) is 204 Å². The minimum Gasteiger partial charge on any atom is -0.508 e. The third-order valence-corrected chi connectivity index (χ3v) is 13.1. The maximum atomic E-state index is 9.94. The van der Waals surface area contributed by atoms with E-state index in [1.54, 1.807) is 36.4 Å². The van der Waals surface area contributed by atoms with Gasteiger partial charge in [0.15, 0.2) is 0 Å². The van der Waals surface area contributed by atoms with Crippen LogP contribution in [0.15, 0.2) is 170 Å². The lowest BCUT2D eigenvalue weighted by Gasteiger charge is -2.26. The molecule has 0 spiro atoms. The van der Waals surface area contributed by atoms with E-state index in [2.05, 4.69) is 91.0 Å². The second-order valence-electron chi connectivity index (χ2n) is 18.8. The van der Waals surface area contributed by atoms with Crippen molar-refractivity contribution >= 4 is 0 Å². The van der Waals surface area contributed by atoms with Crippen LogP contribution in [0.4, 0.5) is 0 Å².